The van der Waals surface area contributed by atoms with E-state index >= 15 is 0 Å². The van der Waals surface area contributed by atoms with Crippen molar-refractivity contribution in [3.8, 4) is 11.5 Å². The normalized spacial score (nSPS) is 17.4. The molecule has 1 aliphatic heterocycles. The molecule has 1 saturated heterocycles. The van der Waals surface area contributed by atoms with Crippen molar-refractivity contribution >= 4 is 21.6 Å². The zero-order valence-corrected chi connectivity index (χ0v) is 15.1. The van der Waals surface area contributed by atoms with Crippen molar-refractivity contribution < 1.29 is 14.6 Å². The highest BCUT2D eigenvalue weighted by Crippen LogP contribution is 2.39. The summed E-state index contributed by atoms with van der Waals surface area (Å²) in [5.74, 6) is 2.43. The second-order valence-electron chi connectivity index (χ2n) is 5.99. The maximum absolute atomic E-state index is 9.50. The van der Waals surface area contributed by atoms with Crippen LogP contribution in [0.5, 0.6) is 11.5 Å². The molecule has 2 N–H and O–H groups in total. The topological polar surface area (TPSA) is 79.4 Å². The number of phenols is 2. The average molecular weight is 367 g/mol. The Balaban J connectivity index is 1.39. The molecule has 1 aliphatic rings. The Morgan fingerprint density at radius 3 is 2.62 bits per heavy atom. The van der Waals surface area contributed by atoms with Gasteiger partial charge in [0.2, 0.25) is 11.8 Å². The fourth-order valence-corrected chi connectivity index (χ4v) is 5.71. The van der Waals surface area contributed by atoms with Gasteiger partial charge in [0.05, 0.1) is 0 Å². The molecule has 1 unspecified atom stereocenters. The highest BCUT2D eigenvalue weighted by Gasteiger charge is 2.16. The fraction of sp³-hybridized carbons (Fsp3) is 0.529. The van der Waals surface area contributed by atoms with Crippen molar-refractivity contribution in [3.63, 3.8) is 0 Å². The van der Waals surface area contributed by atoms with E-state index in [9.17, 15) is 10.2 Å². The number of unbranched alkanes of at least 4 members (excludes halogenated alkanes) is 1. The molecular weight excluding hydrogens is 344 g/mol. The predicted octanol–water partition coefficient (Wildman–Crippen LogP) is 4.13. The van der Waals surface area contributed by atoms with Gasteiger partial charge in [-0.05, 0) is 43.4 Å². The van der Waals surface area contributed by atoms with Gasteiger partial charge in [-0.2, -0.15) is 0 Å². The Kier molecular flexibility index (Phi) is 6.31. The van der Waals surface area contributed by atoms with Crippen LogP contribution in [0.4, 0.5) is 0 Å². The van der Waals surface area contributed by atoms with Crippen molar-refractivity contribution in [2.75, 3.05) is 5.75 Å². The van der Waals surface area contributed by atoms with Crippen LogP contribution in [0.2, 0.25) is 0 Å². The van der Waals surface area contributed by atoms with E-state index in [1.54, 1.807) is 12.1 Å². The molecule has 0 bridgehead atoms. The Labute approximate surface area is 149 Å². The van der Waals surface area contributed by atoms with E-state index in [2.05, 4.69) is 10.2 Å². The zero-order valence-electron chi connectivity index (χ0n) is 13.5. The monoisotopic (exact) mass is 366 g/mol. The number of hydrogen-bond donors (Lipinski definition) is 2. The van der Waals surface area contributed by atoms with Crippen molar-refractivity contribution in [2.24, 2.45) is 0 Å². The Hall–Kier alpha value is -1.34. The maximum Gasteiger partial charge on any atom is 0.216 e. The molecule has 130 valence electrons. The molecule has 1 atom stereocenters. The van der Waals surface area contributed by atoms with Crippen LogP contribution in [-0.4, -0.2) is 31.4 Å². The summed E-state index contributed by atoms with van der Waals surface area (Å²) in [5.41, 5.74) is 0.928. The van der Waals surface area contributed by atoms with E-state index < -0.39 is 0 Å². The summed E-state index contributed by atoms with van der Waals surface area (Å²) in [6.45, 7) is 0. The van der Waals surface area contributed by atoms with Gasteiger partial charge in [-0.1, -0.05) is 34.1 Å². The quantitative estimate of drug-likeness (QED) is 0.413. The molecule has 2 aromatic rings. The maximum atomic E-state index is 9.50. The minimum atomic E-state index is -0.103. The lowest BCUT2D eigenvalue weighted by atomic mass is 10.1. The first-order valence-corrected chi connectivity index (χ1v) is 10.7. The van der Waals surface area contributed by atoms with Gasteiger partial charge >= 0.3 is 0 Å². The molecule has 24 heavy (non-hydrogen) atoms. The Morgan fingerprint density at radius 2 is 1.88 bits per heavy atom. The summed E-state index contributed by atoms with van der Waals surface area (Å²) < 4.78 is 5.69. The van der Waals surface area contributed by atoms with E-state index in [0.29, 0.717) is 24.6 Å². The van der Waals surface area contributed by atoms with Crippen LogP contribution in [0.1, 0.15) is 43.0 Å². The third kappa shape index (κ3) is 5.08. The third-order valence-electron chi connectivity index (χ3n) is 4.07. The minimum Gasteiger partial charge on any atom is -0.504 e. The van der Waals surface area contributed by atoms with E-state index in [4.69, 9.17) is 4.42 Å². The minimum absolute atomic E-state index is 0.0995. The summed E-state index contributed by atoms with van der Waals surface area (Å²) in [5, 5.41) is 27.8. The van der Waals surface area contributed by atoms with Crippen LogP contribution in [0, 0.1) is 0 Å². The summed E-state index contributed by atoms with van der Waals surface area (Å²) in [6, 6.07) is 4.84. The van der Waals surface area contributed by atoms with Crippen LogP contribution in [0.15, 0.2) is 22.6 Å². The second-order valence-corrected chi connectivity index (χ2v) is 8.77. The number of aryl methyl sites for hydroxylation is 3. The Bertz CT molecular complexity index is 657. The van der Waals surface area contributed by atoms with Crippen LogP contribution in [0.3, 0.4) is 0 Å². The molecule has 0 spiro atoms. The molecule has 1 aromatic carbocycles. The Morgan fingerprint density at radius 1 is 1.04 bits per heavy atom. The van der Waals surface area contributed by atoms with Gasteiger partial charge in [0.25, 0.3) is 0 Å². The molecule has 0 saturated carbocycles. The van der Waals surface area contributed by atoms with Gasteiger partial charge < -0.3 is 14.6 Å². The van der Waals surface area contributed by atoms with Crippen LogP contribution in [0.25, 0.3) is 0 Å². The first-order chi connectivity index (χ1) is 11.7. The number of rotatable bonds is 8. The van der Waals surface area contributed by atoms with Crippen molar-refractivity contribution in [3.05, 3.63) is 35.5 Å². The number of benzene rings is 1. The molecule has 3 rings (SSSR count). The van der Waals surface area contributed by atoms with Gasteiger partial charge in [-0.25, -0.2) is 0 Å². The average Bonchev–Trinajstić information content (AvgIpc) is 3.24. The molecule has 1 aromatic heterocycles. The van der Waals surface area contributed by atoms with E-state index in [-0.39, 0.29) is 11.5 Å². The largest absolute Gasteiger partial charge is 0.504 e. The molecule has 0 aliphatic carbocycles. The number of aromatic nitrogens is 2. The smallest absolute Gasteiger partial charge is 0.216 e. The van der Waals surface area contributed by atoms with E-state index in [0.717, 1.165) is 23.7 Å². The molecule has 7 heteroatoms. The zero-order chi connectivity index (χ0) is 16.8. The number of phenolic OH excluding ortho intramolecular Hbond substituents is 2. The highest BCUT2D eigenvalue weighted by atomic mass is 33.1. The van der Waals surface area contributed by atoms with Crippen molar-refractivity contribution in [1.82, 2.24) is 10.2 Å². The van der Waals surface area contributed by atoms with Crippen molar-refractivity contribution in [1.29, 1.82) is 0 Å². The van der Waals surface area contributed by atoms with Gasteiger partial charge in [-0.3, -0.25) is 0 Å². The van der Waals surface area contributed by atoms with Gasteiger partial charge in [0, 0.05) is 23.8 Å². The van der Waals surface area contributed by atoms with Gasteiger partial charge in [0.15, 0.2) is 11.5 Å². The summed E-state index contributed by atoms with van der Waals surface area (Å²) >= 11 is 0. The SMILES string of the molecule is Oc1ccc(CCc2nnc(CCCCC3CCSS3)o2)cc1O. The van der Waals surface area contributed by atoms with Crippen LogP contribution < -0.4 is 0 Å². The molecule has 1 fully saturated rings. The molecular formula is C17H22N2O3S2. The number of hydrogen-bond acceptors (Lipinski definition) is 7. The second kappa shape index (κ2) is 8.67. The van der Waals surface area contributed by atoms with Crippen LogP contribution >= 0.6 is 21.6 Å². The molecule has 2 heterocycles. The number of aromatic hydroxyl groups is 2. The third-order valence-corrected chi connectivity index (χ3v) is 7.08. The van der Waals surface area contributed by atoms with Gasteiger partial charge in [0.1, 0.15) is 0 Å². The van der Waals surface area contributed by atoms with E-state index in [1.807, 2.05) is 21.6 Å². The first-order valence-electron chi connectivity index (χ1n) is 8.31. The fourth-order valence-electron chi connectivity index (χ4n) is 2.68. The molecule has 0 radical (unpaired) electrons. The predicted molar refractivity (Wildman–Crippen MR) is 97.5 cm³/mol. The lowest BCUT2D eigenvalue weighted by molar-refractivity contribution is 0.403. The summed E-state index contributed by atoms with van der Waals surface area (Å²) in [6.07, 6.45) is 7.09. The lowest BCUT2D eigenvalue weighted by Gasteiger charge is -2.05. The van der Waals surface area contributed by atoms with Gasteiger partial charge in [-0.15, -0.1) is 10.2 Å². The molecule has 5 nitrogen and oxygen atoms in total. The number of nitrogens with zero attached hydrogens (tertiary/aromatic N) is 2. The standard InChI is InChI=1S/C17H22N2O3S2/c20-14-7-5-12(11-15(14)21)6-8-17-19-18-16(22-17)4-2-1-3-13-9-10-23-24-13/h5,7,11,13,20-21H,1-4,6,8-10H2. The van der Waals surface area contributed by atoms with Crippen molar-refractivity contribution in [2.45, 2.75) is 50.2 Å². The molecule has 0 amide bonds. The summed E-state index contributed by atoms with van der Waals surface area (Å²) in [4.78, 5) is 0. The highest BCUT2D eigenvalue weighted by molar-refractivity contribution is 8.77. The van der Waals surface area contributed by atoms with E-state index in [1.165, 1.54) is 31.1 Å². The first kappa shape index (κ1) is 17.5. The lowest BCUT2D eigenvalue weighted by Crippen LogP contribution is -1.97. The summed E-state index contributed by atoms with van der Waals surface area (Å²) in [7, 11) is 4.02. The van der Waals surface area contributed by atoms with Crippen LogP contribution in [-0.2, 0) is 19.3 Å².